The van der Waals surface area contributed by atoms with E-state index in [1.54, 1.807) is 0 Å². The van der Waals surface area contributed by atoms with E-state index in [-0.39, 0.29) is 5.56 Å². The van der Waals surface area contributed by atoms with Crippen molar-refractivity contribution in [3.63, 3.8) is 0 Å². The van der Waals surface area contributed by atoms with E-state index in [1.807, 2.05) is 47.0 Å². The maximum atomic E-state index is 14.0. The molecule has 0 fully saturated rings. The number of hydrogen-bond donors (Lipinski definition) is 0. The maximum absolute atomic E-state index is 14.0. The average molecular weight is 754 g/mol. The van der Waals surface area contributed by atoms with Crippen LogP contribution in [0.4, 0.5) is 0 Å². The molecule has 0 amide bonds. The lowest BCUT2D eigenvalue weighted by Gasteiger charge is -2.14. The molecule has 12 aromatic rings. The topological polar surface area (TPSA) is 31.9 Å². The van der Waals surface area contributed by atoms with Crippen molar-refractivity contribution >= 4 is 65.3 Å². The van der Waals surface area contributed by atoms with Crippen LogP contribution in [-0.2, 0) is 0 Å². The second-order valence-corrected chi connectivity index (χ2v) is 15.3. The summed E-state index contributed by atoms with van der Waals surface area (Å²) >= 11 is 0. The van der Waals surface area contributed by atoms with Gasteiger partial charge in [-0.15, -0.1) is 0 Å². The molecule has 0 N–H and O–H groups in total. The zero-order chi connectivity index (χ0) is 39.0. The summed E-state index contributed by atoms with van der Waals surface area (Å²) in [5.41, 5.74) is 13.3. The number of nitrogens with zero attached hydrogens (tertiary/aromatic N) is 3. The van der Waals surface area contributed by atoms with Crippen LogP contribution in [-0.4, -0.2) is 13.7 Å². The summed E-state index contributed by atoms with van der Waals surface area (Å²) in [6.45, 7) is 0. The predicted molar refractivity (Wildman–Crippen MR) is 247 cm³/mol. The number of aromatic nitrogens is 3. The Hall–Kier alpha value is -7.95. The van der Waals surface area contributed by atoms with Gasteiger partial charge in [0.1, 0.15) is 0 Å². The lowest BCUT2D eigenvalue weighted by atomic mass is 9.99. The zero-order valence-electron chi connectivity index (χ0n) is 32.0. The van der Waals surface area contributed by atoms with E-state index in [1.165, 1.54) is 43.7 Å². The summed E-state index contributed by atoms with van der Waals surface area (Å²) in [7, 11) is 0. The Morgan fingerprint density at radius 1 is 0.237 bits per heavy atom. The Kier molecular flexibility index (Phi) is 7.35. The smallest absolute Gasteiger partial charge is 0.263 e. The van der Waals surface area contributed by atoms with Crippen molar-refractivity contribution in [3.8, 4) is 39.3 Å². The van der Waals surface area contributed by atoms with E-state index in [0.29, 0.717) is 5.39 Å². The molecule has 0 aliphatic carbocycles. The molecule has 4 nitrogen and oxygen atoms in total. The van der Waals surface area contributed by atoms with Gasteiger partial charge in [-0.2, -0.15) is 0 Å². The van der Waals surface area contributed by atoms with E-state index in [0.717, 1.165) is 55.5 Å². The third-order valence-corrected chi connectivity index (χ3v) is 12.1. The minimum Gasteiger partial charge on any atom is -0.309 e. The second-order valence-electron chi connectivity index (χ2n) is 15.3. The number of hydrogen-bond acceptors (Lipinski definition) is 1. The first-order valence-electron chi connectivity index (χ1n) is 20.1. The van der Waals surface area contributed by atoms with Gasteiger partial charge in [-0.1, -0.05) is 121 Å². The highest BCUT2D eigenvalue weighted by Gasteiger charge is 2.18. The first-order valence-corrected chi connectivity index (χ1v) is 20.1. The van der Waals surface area contributed by atoms with Crippen molar-refractivity contribution in [1.29, 1.82) is 0 Å². The van der Waals surface area contributed by atoms with Gasteiger partial charge in [-0.3, -0.25) is 9.36 Å². The molecule has 0 atom stereocenters. The van der Waals surface area contributed by atoms with Crippen LogP contribution >= 0.6 is 0 Å². The molecule has 0 spiro atoms. The van der Waals surface area contributed by atoms with Crippen LogP contribution in [0, 0.1) is 0 Å². The molecule has 276 valence electrons. The van der Waals surface area contributed by atoms with Gasteiger partial charge in [0.2, 0.25) is 0 Å². The summed E-state index contributed by atoms with van der Waals surface area (Å²) in [4.78, 5) is 14.0. The van der Waals surface area contributed by atoms with Gasteiger partial charge in [-0.25, -0.2) is 0 Å². The number of rotatable bonds is 5. The van der Waals surface area contributed by atoms with Gasteiger partial charge >= 0.3 is 0 Å². The van der Waals surface area contributed by atoms with Crippen LogP contribution in [0.1, 0.15) is 0 Å². The molecule has 0 saturated carbocycles. The fourth-order valence-corrected chi connectivity index (χ4v) is 9.34. The number of fused-ring (bicyclic) bond motifs is 9. The van der Waals surface area contributed by atoms with Crippen LogP contribution in [0.15, 0.2) is 217 Å². The minimum atomic E-state index is -0.0147. The standard InChI is InChI=1S/C55H35N3O/c59-55-46-20-8-7-17-43(46)44-18-9-12-22-51(44)58(55)42-28-23-36(24-29-42)37-25-30-53-48(33-37)49-35-39(27-32-54(49)57(53)41-15-5-2-6-16-41)38-26-31-52-47(34-38)45-19-10-11-21-50(45)56(52)40-13-3-1-4-14-40/h1-35H. The zero-order valence-corrected chi connectivity index (χ0v) is 32.0. The molecule has 0 unspecified atom stereocenters. The van der Waals surface area contributed by atoms with Gasteiger partial charge in [0.25, 0.3) is 5.56 Å². The molecule has 4 heteroatoms. The van der Waals surface area contributed by atoms with Crippen LogP contribution in [0.25, 0.3) is 105 Å². The highest BCUT2D eigenvalue weighted by Crippen LogP contribution is 2.39. The average Bonchev–Trinajstić information content (AvgIpc) is 3.82. The Morgan fingerprint density at radius 3 is 1.10 bits per heavy atom. The van der Waals surface area contributed by atoms with Gasteiger partial charge in [-0.05, 0) is 119 Å². The molecule has 0 aliphatic heterocycles. The Morgan fingerprint density at radius 2 is 0.576 bits per heavy atom. The molecule has 3 aromatic heterocycles. The summed E-state index contributed by atoms with van der Waals surface area (Å²) in [5.74, 6) is 0. The Bertz CT molecular complexity index is 3670. The number of benzene rings is 9. The molecule has 12 rings (SSSR count). The van der Waals surface area contributed by atoms with Crippen molar-refractivity contribution in [3.05, 3.63) is 223 Å². The molecular weight excluding hydrogens is 719 g/mol. The quantitative estimate of drug-likeness (QED) is 0.161. The van der Waals surface area contributed by atoms with E-state index in [2.05, 4.69) is 179 Å². The first-order chi connectivity index (χ1) is 29.2. The van der Waals surface area contributed by atoms with Crippen LogP contribution in [0.5, 0.6) is 0 Å². The summed E-state index contributed by atoms with van der Waals surface area (Å²) < 4.78 is 6.58. The lowest BCUT2D eigenvalue weighted by molar-refractivity contribution is 1.06. The molecular formula is C55H35N3O. The molecule has 9 aromatic carbocycles. The second kappa shape index (κ2) is 13.1. The third kappa shape index (κ3) is 5.13. The molecule has 0 saturated heterocycles. The fourth-order valence-electron chi connectivity index (χ4n) is 9.34. The molecule has 0 aliphatic rings. The lowest BCUT2D eigenvalue weighted by Crippen LogP contribution is -2.19. The van der Waals surface area contributed by atoms with E-state index in [9.17, 15) is 4.79 Å². The highest BCUT2D eigenvalue weighted by atomic mass is 16.1. The van der Waals surface area contributed by atoms with Crippen molar-refractivity contribution in [2.75, 3.05) is 0 Å². The predicted octanol–water partition coefficient (Wildman–Crippen LogP) is 13.7. The largest absolute Gasteiger partial charge is 0.309 e. The van der Waals surface area contributed by atoms with Gasteiger partial charge in [0, 0.05) is 49.4 Å². The molecule has 3 heterocycles. The summed E-state index contributed by atoms with van der Waals surface area (Å²) in [6.07, 6.45) is 0. The van der Waals surface area contributed by atoms with Crippen molar-refractivity contribution in [2.24, 2.45) is 0 Å². The monoisotopic (exact) mass is 753 g/mol. The maximum Gasteiger partial charge on any atom is 0.263 e. The van der Waals surface area contributed by atoms with Crippen molar-refractivity contribution < 1.29 is 0 Å². The minimum absolute atomic E-state index is 0.0147. The SMILES string of the molecule is O=c1c2ccccc2c2ccccc2n1-c1ccc(-c2ccc3c(c2)c2cc(-c4ccc5c(c4)c4ccccc4n5-c4ccccc4)ccc2n3-c2ccccc2)cc1. The summed E-state index contributed by atoms with van der Waals surface area (Å²) in [6, 6.07) is 74.9. The number of pyridine rings is 1. The first kappa shape index (κ1) is 33.2. The van der Waals surface area contributed by atoms with E-state index in [4.69, 9.17) is 0 Å². The Labute approximate surface area is 339 Å². The van der Waals surface area contributed by atoms with E-state index >= 15 is 0 Å². The fraction of sp³-hybridized carbons (Fsp3) is 0. The normalized spacial score (nSPS) is 11.8. The van der Waals surface area contributed by atoms with Crippen LogP contribution in [0.2, 0.25) is 0 Å². The van der Waals surface area contributed by atoms with Gasteiger partial charge in [0.15, 0.2) is 0 Å². The van der Waals surface area contributed by atoms with E-state index < -0.39 is 0 Å². The summed E-state index contributed by atoms with van der Waals surface area (Å²) in [5, 5.41) is 7.61. The highest BCUT2D eigenvalue weighted by molar-refractivity contribution is 6.13. The molecule has 59 heavy (non-hydrogen) atoms. The van der Waals surface area contributed by atoms with Crippen LogP contribution < -0.4 is 5.56 Å². The van der Waals surface area contributed by atoms with Crippen LogP contribution in [0.3, 0.4) is 0 Å². The van der Waals surface area contributed by atoms with Crippen molar-refractivity contribution in [1.82, 2.24) is 13.7 Å². The number of para-hydroxylation sites is 4. The Balaban J connectivity index is 1.01. The third-order valence-electron chi connectivity index (χ3n) is 12.1. The van der Waals surface area contributed by atoms with Gasteiger partial charge < -0.3 is 9.13 Å². The van der Waals surface area contributed by atoms with Crippen molar-refractivity contribution in [2.45, 2.75) is 0 Å². The molecule has 0 radical (unpaired) electrons. The molecule has 0 bridgehead atoms. The van der Waals surface area contributed by atoms with Gasteiger partial charge in [0.05, 0.1) is 27.6 Å².